The van der Waals surface area contributed by atoms with Gasteiger partial charge >= 0.3 is 0 Å². The number of aryl methyl sites for hydroxylation is 5. The first-order valence-corrected chi connectivity index (χ1v) is 11.8. The molecule has 0 saturated heterocycles. The van der Waals surface area contributed by atoms with Gasteiger partial charge in [0.25, 0.3) is 11.5 Å². The maximum Gasteiger partial charge on any atom is 0.277 e. The number of fused-ring (bicyclic) bond motifs is 1. The van der Waals surface area contributed by atoms with Crippen LogP contribution in [0, 0.1) is 20.8 Å². The largest absolute Gasteiger partial charge is 0.297 e. The van der Waals surface area contributed by atoms with Gasteiger partial charge in [0.1, 0.15) is 9.88 Å². The predicted octanol–water partition coefficient (Wildman–Crippen LogP) is 4.20. The molecule has 0 spiro atoms. The molecule has 4 rings (SSSR count). The van der Waals surface area contributed by atoms with Crippen LogP contribution < -0.4 is 10.9 Å². The number of hydrogen-bond acceptors (Lipinski definition) is 7. The number of thiazole rings is 2. The number of carbonyl (C=O) groups excluding carboxylic acids is 1. The minimum Gasteiger partial charge on any atom is -0.297 e. The second-order valence-electron chi connectivity index (χ2n) is 7.70. The van der Waals surface area contributed by atoms with Crippen molar-refractivity contribution < 1.29 is 4.79 Å². The van der Waals surface area contributed by atoms with Gasteiger partial charge in [-0.25, -0.2) is 14.6 Å². The molecule has 0 radical (unpaired) electrons. The Morgan fingerprint density at radius 1 is 1.00 bits per heavy atom. The van der Waals surface area contributed by atoms with Crippen molar-refractivity contribution in [2.24, 2.45) is 7.05 Å². The van der Waals surface area contributed by atoms with E-state index < -0.39 is 0 Å². The second kappa shape index (κ2) is 8.39. The topological polar surface area (TPSA) is 89.8 Å². The monoisotopic (exact) mass is 443 g/mol. The van der Waals surface area contributed by atoms with Gasteiger partial charge in [0, 0.05) is 11.9 Å². The van der Waals surface area contributed by atoms with E-state index in [0.717, 1.165) is 36.2 Å². The number of nitrogens with one attached hydrogen (secondary N) is 1. The van der Waals surface area contributed by atoms with Crippen LogP contribution in [0.25, 0.3) is 10.6 Å². The van der Waals surface area contributed by atoms with Crippen LogP contribution >= 0.6 is 22.7 Å². The zero-order valence-electron chi connectivity index (χ0n) is 17.7. The van der Waals surface area contributed by atoms with Crippen molar-refractivity contribution in [2.45, 2.75) is 59.3 Å². The highest BCUT2D eigenvalue weighted by molar-refractivity contribution is 7.18. The van der Waals surface area contributed by atoms with Crippen LogP contribution in [0.4, 0.5) is 5.13 Å². The Labute approximate surface area is 183 Å². The summed E-state index contributed by atoms with van der Waals surface area (Å²) in [7, 11) is 1.63. The van der Waals surface area contributed by atoms with Crippen molar-refractivity contribution in [3.63, 3.8) is 0 Å². The minimum atomic E-state index is -0.224. The van der Waals surface area contributed by atoms with Gasteiger partial charge in [-0.3, -0.25) is 14.9 Å². The third-order valence-corrected chi connectivity index (χ3v) is 7.75. The predicted molar refractivity (Wildman–Crippen MR) is 121 cm³/mol. The summed E-state index contributed by atoms with van der Waals surface area (Å²) in [4.78, 5) is 36.6. The molecule has 0 aliphatic heterocycles. The second-order valence-corrected chi connectivity index (χ2v) is 9.79. The first-order chi connectivity index (χ1) is 14.3. The molecular formula is C21H25N5O2S2. The van der Waals surface area contributed by atoms with E-state index in [0.29, 0.717) is 26.3 Å². The van der Waals surface area contributed by atoms with Crippen molar-refractivity contribution >= 4 is 33.7 Å². The Balaban J connectivity index is 1.62. The number of rotatable bonds is 3. The molecule has 0 unspecified atom stereocenters. The van der Waals surface area contributed by atoms with E-state index in [-0.39, 0.29) is 11.5 Å². The smallest absolute Gasteiger partial charge is 0.277 e. The molecule has 0 bridgehead atoms. The molecule has 0 saturated carbocycles. The third kappa shape index (κ3) is 3.96. The minimum absolute atomic E-state index is 0.210. The number of aromatic nitrogens is 4. The Kier molecular flexibility index (Phi) is 5.84. The molecule has 0 atom stereocenters. The van der Waals surface area contributed by atoms with Crippen LogP contribution in [0.5, 0.6) is 0 Å². The molecular weight excluding hydrogens is 418 g/mol. The quantitative estimate of drug-likeness (QED) is 0.655. The van der Waals surface area contributed by atoms with Gasteiger partial charge < -0.3 is 0 Å². The highest BCUT2D eigenvalue weighted by atomic mass is 32.1. The maximum atomic E-state index is 13.0. The average molecular weight is 444 g/mol. The van der Waals surface area contributed by atoms with E-state index in [2.05, 4.69) is 20.4 Å². The Bertz CT molecular complexity index is 1150. The van der Waals surface area contributed by atoms with Gasteiger partial charge in [0.15, 0.2) is 5.13 Å². The highest BCUT2D eigenvalue weighted by Crippen LogP contribution is 2.31. The molecule has 1 N–H and O–H groups in total. The molecule has 158 valence electrons. The molecule has 0 aromatic carbocycles. The fraction of sp³-hybridized carbons (Fsp3) is 0.476. The summed E-state index contributed by atoms with van der Waals surface area (Å²) < 4.78 is 1.32. The summed E-state index contributed by atoms with van der Waals surface area (Å²) in [5, 5.41) is 8.37. The number of hydrogen-bond donors (Lipinski definition) is 1. The number of amides is 1. The fourth-order valence-corrected chi connectivity index (χ4v) is 5.83. The normalized spacial score (nSPS) is 14.1. The van der Waals surface area contributed by atoms with Crippen LogP contribution in [0.1, 0.15) is 62.9 Å². The summed E-state index contributed by atoms with van der Waals surface area (Å²) >= 11 is 2.82. The molecule has 1 amide bonds. The molecule has 3 aromatic heterocycles. The zero-order chi connectivity index (χ0) is 21.4. The third-order valence-electron chi connectivity index (χ3n) is 5.51. The summed E-state index contributed by atoms with van der Waals surface area (Å²) in [6.07, 6.45) is 6.86. The fourth-order valence-electron chi connectivity index (χ4n) is 3.73. The van der Waals surface area contributed by atoms with Crippen molar-refractivity contribution in [2.75, 3.05) is 5.32 Å². The van der Waals surface area contributed by atoms with E-state index >= 15 is 0 Å². The molecule has 9 heteroatoms. The lowest BCUT2D eigenvalue weighted by atomic mass is 10.0. The van der Waals surface area contributed by atoms with Crippen molar-refractivity contribution in [1.29, 1.82) is 0 Å². The molecule has 3 aromatic rings. The molecule has 3 heterocycles. The van der Waals surface area contributed by atoms with Crippen molar-refractivity contribution in [3.8, 4) is 10.6 Å². The lowest BCUT2D eigenvalue weighted by Crippen LogP contribution is -2.23. The Morgan fingerprint density at radius 3 is 2.50 bits per heavy atom. The first-order valence-electron chi connectivity index (χ1n) is 10.2. The number of nitrogens with zero attached hydrogens (tertiary/aromatic N) is 4. The van der Waals surface area contributed by atoms with Gasteiger partial charge in [-0.1, -0.05) is 12.8 Å². The van der Waals surface area contributed by atoms with Gasteiger partial charge in [-0.15, -0.1) is 22.7 Å². The first kappa shape index (κ1) is 20.9. The molecule has 0 fully saturated rings. The summed E-state index contributed by atoms with van der Waals surface area (Å²) in [5.74, 6) is -0.224. The molecule has 1 aliphatic carbocycles. The Morgan fingerprint density at radius 2 is 1.73 bits per heavy atom. The van der Waals surface area contributed by atoms with E-state index in [9.17, 15) is 9.59 Å². The van der Waals surface area contributed by atoms with Crippen molar-refractivity contribution in [3.05, 3.63) is 42.8 Å². The highest BCUT2D eigenvalue weighted by Gasteiger charge is 2.22. The van der Waals surface area contributed by atoms with Crippen LogP contribution in [-0.2, 0) is 19.9 Å². The summed E-state index contributed by atoms with van der Waals surface area (Å²) in [5.41, 5.74) is 3.60. The van der Waals surface area contributed by atoms with Crippen molar-refractivity contribution in [1.82, 2.24) is 19.7 Å². The lowest BCUT2D eigenvalue weighted by Gasteiger charge is -2.07. The average Bonchev–Trinajstić information content (AvgIpc) is 3.23. The Hall–Kier alpha value is -2.39. The van der Waals surface area contributed by atoms with E-state index in [4.69, 9.17) is 0 Å². The van der Waals surface area contributed by atoms with E-state index in [1.54, 1.807) is 25.3 Å². The SMILES string of the molecule is Cc1nc(-c2c(C)c(C)nn(C)c2=O)sc1C(=O)Nc1nc2c(s1)CCCCCC2. The van der Waals surface area contributed by atoms with Crippen LogP contribution in [0.3, 0.4) is 0 Å². The summed E-state index contributed by atoms with van der Waals surface area (Å²) in [6, 6.07) is 0. The lowest BCUT2D eigenvalue weighted by molar-refractivity contribution is 0.103. The standard InChI is InChI=1S/C21H25N5O2S2/c1-11-12(2)25-26(4)20(28)16(11)19-22-13(3)17(30-19)18(27)24-21-23-14-9-7-5-6-8-10-15(14)29-21/h5-10H2,1-4H3,(H,23,24,27). The summed E-state index contributed by atoms with van der Waals surface area (Å²) in [6.45, 7) is 5.52. The zero-order valence-corrected chi connectivity index (χ0v) is 19.3. The van der Waals surface area contributed by atoms with Crippen LogP contribution in [0.15, 0.2) is 4.79 Å². The van der Waals surface area contributed by atoms with Gasteiger partial charge in [0.05, 0.1) is 22.6 Å². The molecule has 7 nitrogen and oxygen atoms in total. The number of anilines is 1. The van der Waals surface area contributed by atoms with E-state index in [1.165, 1.54) is 40.2 Å². The van der Waals surface area contributed by atoms with Gasteiger partial charge in [-0.2, -0.15) is 5.10 Å². The van der Waals surface area contributed by atoms with Crippen LogP contribution in [-0.4, -0.2) is 25.7 Å². The maximum absolute atomic E-state index is 13.0. The molecule has 1 aliphatic rings. The number of carbonyl (C=O) groups is 1. The molecule has 30 heavy (non-hydrogen) atoms. The van der Waals surface area contributed by atoms with Crippen LogP contribution in [0.2, 0.25) is 0 Å². The van der Waals surface area contributed by atoms with Gasteiger partial charge in [-0.05, 0) is 52.0 Å². The van der Waals surface area contributed by atoms with E-state index in [1.807, 2.05) is 13.8 Å². The van der Waals surface area contributed by atoms with Gasteiger partial charge in [0.2, 0.25) is 0 Å².